The molecule has 1 amide bonds. The Balaban J connectivity index is 1.35. The van der Waals surface area contributed by atoms with Crippen LogP contribution in [0.4, 0.5) is 10.2 Å². The van der Waals surface area contributed by atoms with Crippen LogP contribution in [-0.2, 0) is 16.0 Å². The summed E-state index contributed by atoms with van der Waals surface area (Å²) < 4.78 is 13.8. The number of carbonyl (C=O) groups excluding carboxylic acids is 2. The van der Waals surface area contributed by atoms with Gasteiger partial charge >= 0.3 is 0 Å². The van der Waals surface area contributed by atoms with E-state index >= 15 is 0 Å². The highest BCUT2D eigenvalue weighted by Gasteiger charge is 2.60. The third-order valence-corrected chi connectivity index (χ3v) is 8.44. The molecule has 6 nitrogen and oxygen atoms in total. The second-order valence-corrected chi connectivity index (χ2v) is 10.2. The molecule has 34 heavy (non-hydrogen) atoms. The van der Waals surface area contributed by atoms with Crippen LogP contribution >= 0.6 is 0 Å². The van der Waals surface area contributed by atoms with Crippen molar-refractivity contribution in [3.63, 3.8) is 0 Å². The zero-order valence-corrected chi connectivity index (χ0v) is 19.3. The average molecular weight is 464 g/mol. The number of allylic oxidation sites excluding steroid dienone is 1. The predicted octanol–water partition coefficient (Wildman–Crippen LogP) is 5.13. The van der Waals surface area contributed by atoms with E-state index in [0.717, 1.165) is 37.5 Å². The lowest BCUT2D eigenvalue weighted by atomic mass is 9.54. The molecule has 1 aromatic carbocycles. The van der Waals surface area contributed by atoms with Gasteiger partial charge in [0.1, 0.15) is 5.82 Å². The van der Waals surface area contributed by atoms with E-state index in [1.54, 1.807) is 18.3 Å². The Kier molecular flexibility index (Phi) is 5.96. The summed E-state index contributed by atoms with van der Waals surface area (Å²) in [6.45, 7) is 2.06. The third-order valence-electron chi connectivity index (χ3n) is 8.44. The number of hydrogen-bond acceptors (Lipinski definition) is 5. The molecule has 3 unspecified atom stereocenters. The van der Waals surface area contributed by atoms with Gasteiger partial charge < -0.3 is 10.4 Å². The zero-order chi connectivity index (χ0) is 23.9. The first kappa shape index (κ1) is 22.7. The Morgan fingerprint density at radius 1 is 1.32 bits per heavy atom. The van der Waals surface area contributed by atoms with E-state index in [-0.39, 0.29) is 29.3 Å². The minimum absolute atomic E-state index is 0.0531. The fourth-order valence-electron chi connectivity index (χ4n) is 7.04. The summed E-state index contributed by atoms with van der Waals surface area (Å²) in [5, 5.41) is 12.8. The quantitative estimate of drug-likeness (QED) is 0.474. The van der Waals surface area contributed by atoms with Gasteiger partial charge in [0.05, 0.1) is 12.5 Å². The van der Waals surface area contributed by atoms with Crippen LogP contribution in [0.25, 0.3) is 0 Å². The monoisotopic (exact) mass is 463 g/mol. The maximum absolute atomic E-state index is 13.8. The van der Waals surface area contributed by atoms with Gasteiger partial charge in [0.2, 0.25) is 5.91 Å². The molecule has 1 aromatic heterocycles. The number of rotatable bonds is 5. The lowest BCUT2D eigenvalue weighted by Crippen LogP contribution is -2.44. The van der Waals surface area contributed by atoms with Crippen LogP contribution in [-0.4, -0.2) is 26.8 Å². The van der Waals surface area contributed by atoms with E-state index in [9.17, 15) is 19.1 Å². The average Bonchev–Trinajstić information content (AvgIpc) is 3.05. The highest BCUT2D eigenvalue weighted by atomic mass is 19.1. The van der Waals surface area contributed by atoms with Gasteiger partial charge in [0, 0.05) is 29.8 Å². The second kappa shape index (κ2) is 8.93. The highest BCUT2D eigenvalue weighted by molar-refractivity contribution is 6.03. The number of halogens is 1. The number of aliphatic hydroxyl groups excluding tert-OH is 1. The maximum atomic E-state index is 13.8. The van der Waals surface area contributed by atoms with E-state index in [4.69, 9.17) is 0 Å². The van der Waals surface area contributed by atoms with Gasteiger partial charge in [0.25, 0.3) is 0 Å². The van der Waals surface area contributed by atoms with Gasteiger partial charge in [-0.1, -0.05) is 13.0 Å². The standard InChI is InChI=1S/C27H30FN3O3/c1-27-10-9-19-18-8-6-17(28)13-16(18)5-7-21(19)25(27)20(22(15-32)26(27)34)3-2-4-24(33)31-23-14-29-11-12-30-23/h6,8,11-15,19-21,25,32H,2-5,7,9-10H2,1H3,(H,30,31,33)/b22-15-/t19?,20-,21?,25?,27+/m1/s1. The van der Waals surface area contributed by atoms with E-state index in [1.807, 2.05) is 6.07 Å². The number of anilines is 1. The van der Waals surface area contributed by atoms with Crippen molar-refractivity contribution in [2.45, 2.75) is 57.8 Å². The van der Waals surface area contributed by atoms with Crippen molar-refractivity contribution in [1.29, 1.82) is 0 Å². The van der Waals surface area contributed by atoms with Crippen molar-refractivity contribution < 1.29 is 19.1 Å². The Labute approximate surface area is 198 Å². The topological polar surface area (TPSA) is 92.2 Å². The number of fused-ring (bicyclic) bond motifs is 5. The number of nitrogens with one attached hydrogen (secondary N) is 1. The molecule has 2 saturated carbocycles. The Morgan fingerprint density at radius 2 is 2.18 bits per heavy atom. The number of carbonyl (C=O) groups is 2. The second-order valence-electron chi connectivity index (χ2n) is 10.2. The van der Waals surface area contributed by atoms with Crippen LogP contribution < -0.4 is 5.32 Å². The van der Waals surface area contributed by atoms with Gasteiger partial charge in [-0.2, -0.15) is 0 Å². The fourth-order valence-corrected chi connectivity index (χ4v) is 7.04. The van der Waals surface area contributed by atoms with Crippen molar-refractivity contribution in [1.82, 2.24) is 9.97 Å². The molecule has 2 aromatic rings. The van der Waals surface area contributed by atoms with Gasteiger partial charge in [-0.3, -0.25) is 14.6 Å². The number of aliphatic hydroxyl groups is 1. The van der Waals surface area contributed by atoms with Crippen molar-refractivity contribution in [3.05, 3.63) is 65.6 Å². The molecule has 5 rings (SSSR count). The summed E-state index contributed by atoms with van der Waals surface area (Å²) in [7, 11) is 0. The molecule has 3 aliphatic carbocycles. The first-order chi connectivity index (χ1) is 16.4. The first-order valence-electron chi connectivity index (χ1n) is 12.2. The van der Waals surface area contributed by atoms with E-state index in [1.165, 1.54) is 18.0 Å². The van der Waals surface area contributed by atoms with Crippen LogP contribution in [0.3, 0.4) is 0 Å². The van der Waals surface area contributed by atoms with Crippen LogP contribution in [0.2, 0.25) is 0 Å². The van der Waals surface area contributed by atoms with Crippen LogP contribution in [0.5, 0.6) is 0 Å². The Morgan fingerprint density at radius 3 is 2.94 bits per heavy atom. The summed E-state index contributed by atoms with van der Waals surface area (Å²) in [4.78, 5) is 33.9. The minimum atomic E-state index is -0.500. The number of aryl methyl sites for hydroxylation is 1. The molecular weight excluding hydrogens is 433 g/mol. The lowest BCUT2D eigenvalue weighted by Gasteiger charge is -2.49. The minimum Gasteiger partial charge on any atom is -0.515 e. The molecule has 178 valence electrons. The van der Waals surface area contributed by atoms with Crippen LogP contribution in [0.1, 0.15) is 62.5 Å². The van der Waals surface area contributed by atoms with Crippen molar-refractivity contribution in [2.75, 3.05) is 5.32 Å². The molecule has 2 N–H and O–H groups in total. The SMILES string of the molecule is C[C@]12CCC3c4ccc(F)cc4CCC3C1[C@H](CCCC(=O)Nc1cnccn1)/C(=C/O)C2=O. The van der Waals surface area contributed by atoms with Gasteiger partial charge in [-0.25, -0.2) is 9.37 Å². The third kappa shape index (κ3) is 3.81. The summed E-state index contributed by atoms with van der Waals surface area (Å²) in [6, 6.07) is 5.13. The number of aromatic nitrogens is 2. The van der Waals surface area contributed by atoms with Crippen molar-refractivity contribution >= 4 is 17.5 Å². The first-order valence-corrected chi connectivity index (χ1v) is 12.2. The van der Waals surface area contributed by atoms with E-state index in [0.29, 0.717) is 42.5 Å². The van der Waals surface area contributed by atoms with E-state index < -0.39 is 5.41 Å². The molecule has 0 saturated heterocycles. The largest absolute Gasteiger partial charge is 0.515 e. The zero-order valence-electron chi connectivity index (χ0n) is 19.3. The molecule has 1 heterocycles. The molecular formula is C27H30FN3O3. The molecule has 0 aliphatic heterocycles. The van der Waals surface area contributed by atoms with E-state index in [2.05, 4.69) is 22.2 Å². The number of ketones is 1. The molecule has 0 bridgehead atoms. The predicted molar refractivity (Wildman–Crippen MR) is 126 cm³/mol. The van der Waals surface area contributed by atoms with Gasteiger partial charge in [-0.05, 0) is 85.5 Å². The molecule has 0 spiro atoms. The number of amides is 1. The Bertz CT molecular complexity index is 1140. The smallest absolute Gasteiger partial charge is 0.225 e. The Hall–Kier alpha value is -3.09. The number of benzene rings is 1. The summed E-state index contributed by atoms with van der Waals surface area (Å²) in [5.74, 6) is 0.762. The number of Topliss-reactive ketones (excluding diaryl/α,β-unsaturated/α-hetero) is 1. The highest BCUT2D eigenvalue weighted by Crippen LogP contribution is 2.63. The summed E-state index contributed by atoms with van der Waals surface area (Å²) in [6.07, 6.45) is 10.5. The number of nitrogens with zero attached hydrogens (tertiary/aromatic N) is 2. The fraction of sp³-hybridized carbons (Fsp3) is 0.481. The lowest BCUT2D eigenvalue weighted by molar-refractivity contribution is -0.127. The molecule has 2 fully saturated rings. The molecule has 7 heteroatoms. The summed E-state index contributed by atoms with van der Waals surface area (Å²) in [5.41, 5.74) is 2.31. The molecule has 0 radical (unpaired) electrons. The summed E-state index contributed by atoms with van der Waals surface area (Å²) >= 11 is 0. The number of hydrogen-bond donors (Lipinski definition) is 2. The normalized spacial score (nSPS) is 31.0. The maximum Gasteiger partial charge on any atom is 0.225 e. The molecule has 3 aliphatic rings. The van der Waals surface area contributed by atoms with Crippen LogP contribution in [0, 0.1) is 29.0 Å². The molecule has 5 atom stereocenters. The van der Waals surface area contributed by atoms with Gasteiger partial charge in [-0.15, -0.1) is 0 Å². The van der Waals surface area contributed by atoms with Crippen molar-refractivity contribution in [3.8, 4) is 0 Å². The van der Waals surface area contributed by atoms with Gasteiger partial charge in [0.15, 0.2) is 11.6 Å². The van der Waals surface area contributed by atoms with Crippen molar-refractivity contribution in [2.24, 2.45) is 23.2 Å². The van der Waals surface area contributed by atoms with Crippen LogP contribution in [0.15, 0.2) is 48.6 Å².